The molecule has 0 aromatic rings. The zero-order valence-corrected chi connectivity index (χ0v) is 6.24. The van der Waals surface area contributed by atoms with Crippen LogP contribution in [0.5, 0.6) is 0 Å². The molecule has 0 radical (unpaired) electrons. The molecule has 1 unspecified atom stereocenters. The van der Waals surface area contributed by atoms with Gasteiger partial charge in [0.2, 0.25) is 0 Å². The fraction of sp³-hybridized carbons (Fsp3) is 1.00. The molecule has 0 bridgehead atoms. The van der Waals surface area contributed by atoms with E-state index in [1.165, 1.54) is 6.42 Å². The number of halogens is 1. The van der Waals surface area contributed by atoms with E-state index in [-0.39, 0.29) is 0 Å². The standard InChI is InChI=1S/C5H12BrN/c1-5(4-7)2-3-6/h5H,2-4,7H2,1H3. The number of nitrogens with two attached hydrogens (primary N) is 1. The van der Waals surface area contributed by atoms with Gasteiger partial charge < -0.3 is 5.73 Å². The summed E-state index contributed by atoms with van der Waals surface area (Å²) in [5.74, 6) is 0.680. The summed E-state index contributed by atoms with van der Waals surface area (Å²) in [6.07, 6.45) is 1.19. The number of hydrogen-bond donors (Lipinski definition) is 1. The Kier molecular flexibility index (Phi) is 4.88. The molecular formula is C5H12BrN. The van der Waals surface area contributed by atoms with Crippen molar-refractivity contribution < 1.29 is 0 Å². The van der Waals surface area contributed by atoms with Gasteiger partial charge in [0.1, 0.15) is 0 Å². The summed E-state index contributed by atoms with van der Waals surface area (Å²) in [6.45, 7) is 2.97. The monoisotopic (exact) mass is 165 g/mol. The van der Waals surface area contributed by atoms with Crippen LogP contribution in [-0.2, 0) is 0 Å². The van der Waals surface area contributed by atoms with E-state index in [0.29, 0.717) is 5.92 Å². The number of rotatable bonds is 3. The molecule has 0 aromatic heterocycles. The van der Waals surface area contributed by atoms with Gasteiger partial charge in [-0.2, -0.15) is 0 Å². The molecule has 0 saturated heterocycles. The van der Waals surface area contributed by atoms with Crippen LogP contribution in [0, 0.1) is 5.92 Å². The molecule has 0 aliphatic carbocycles. The van der Waals surface area contributed by atoms with E-state index in [0.717, 1.165) is 11.9 Å². The Labute approximate surface area is 53.4 Å². The third-order valence-electron chi connectivity index (χ3n) is 1.00. The van der Waals surface area contributed by atoms with Crippen molar-refractivity contribution in [2.75, 3.05) is 11.9 Å². The maximum atomic E-state index is 5.34. The molecule has 0 amide bonds. The van der Waals surface area contributed by atoms with Gasteiger partial charge in [-0.3, -0.25) is 0 Å². The number of hydrogen-bond acceptors (Lipinski definition) is 1. The van der Waals surface area contributed by atoms with Crippen molar-refractivity contribution in [1.29, 1.82) is 0 Å². The topological polar surface area (TPSA) is 26.0 Å². The van der Waals surface area contributed by atoms with Crippen LogP contribution in [0.15, 0.2) is 0 Å². The average molecular weight is 166 g/mol. The van der Waals surface area contributed by atoms with Gasteiger partial charge in [0.25, 0.3) is 0 Å². The Morgan fingerprint density at radius 2 is 2.29 bits per heavy atom. The molecule has 44 valence electrons. The van der Waals surface area contributed by atoms with Crippen LogP contribution in [0.1, 0.15) is 13.3 Å². The van der Waals surface area contributed by atoms with Crippen LogP contribution in [0.3, 0.4) is 0 Å². The van der Waals surface area contributed by atoms with Crippen molar-refractivity contribution >= 4 is 15.9 Å². The fourth-order valence-electron chi connectivity index (χ4n) is 0.304. The van der Waals surface area contributed by atoms with Crippen molar-refractivity contribution in [2.24, 2.45) is 11.7 Å². The van der Waals surface area contributed by atoms with Crippen LogP contribution in [0.4, 0.5) is 0 Å². The SMILES string of the molecule is CC(CN)CCBr. The molecule has 0 heterocycles. The Morgan fingerprint density at radius 3 is 2.43 bits per heavy atom. The summed E-state index contributed by atoms with van der Waals surface area (Å²) in [5.41, 5.74) is 5.34. The van der Waals surface area contributed by atoms with E-state index < -0.39 is 0 Å². The first-order valence-electron chi connectivity index (χ1n) is 2.57. The van der Waals surface area contributed by atoms with Gasteiger partial charge in [-0.1, -0.05) is 22.9 Å². The molecule has 0 fully saturated rings. The van der Waals surface area contributed by atoms with Crippen LogP contribution in [0.25, 0.3) is 0 Å². The largest absolute Gasteiger partial charge is 0.330 e. The van der Waals surface area contributed by atoms with Crippen LogP contribution in [-0.4, -0.2) is 11.9 Å². The molecule has 0 aliphatic rings. The fourth-order valence-corrected chi connectivity index (χ4v) is 1.09. The van der Waals surface area contributed by atoms with E-state index in [9.17, 15) is 0 Å². The zero-order chi connectivity index (χ0) is 5.70. The van der Waals surface area contributed by atoms with Crippen LogP contribution >= 0.6 is 15.9 Å². The predicted octanol–water partition coefficient (Wildman–Crippen LogP) is 1.37. The lowest BCUT2D eigenvalue weighted by atomic mass is 10.1. The predicted molar refractivity (Wildman–Crippen MR) is 36.6 cm³/mol. The minimum Gasteiger partial charge on any atom is -0.330 e. The Balaban J connectivity index is 2.83. The smallest absolute Gasteiger partial charge is 0.00343 e. The summed E-state index contributed by atoms with van der Waals surface area (Å²) < 4.78 is 0. The average Bonchev–Trinajstić information content (AvgIpc) is 1.68. The Hall–Kier alpha value is 0.440. The molecule has 1 atom stereocenters. The summed E-state index contributed by atoms with van der Waals surface area (Å²) in [7, 11) is 0. The molecule has 7 heavy (non-hydrogen) atoms. The summed E-state index contributed by atoms with van der Waals surface area (Å²) >= 11 is 3.34. The van der Waals surface area contributed by atoms with Gasteiger partial charge in [0, 0.05) is 5.33 Å². The maximum Gasteiger partial charge on any atom is 0.00343 e. The van der Waals surface area contributed by atoms with Gasteiger partial charge in [-0.25, -0.2) is 0 Å². The highest BCUT2D eigenvalue weighted by Gasteiger charge is 1.93. The first-order valence-corrected chi connectivity index (χ1v) is 3.69. The lowest BCUT2D eigenvalue weighted by Crippen LogP contribution is -2.10. The number of alkyl halides is 1. The van der Waals surface area contributed by atoms with E-state index in [1.807, 2.05) is 0 Å². The van der Waals surface area contributed by atoms with Crippen molar-refractivity contribution in [3.8, 4) is 0 Å². The van der Waals surface area contributed by atoms with Crippen molar-refractivity contribution in [1.82, 2.24) is 0 Å². The van der Waals surface area contributed by atoms with Crippen LogP contribution < -0.4 is 5.73 Å². The van der Waals surface area contributed by atoms with Gasteiger partial charge in [-0.05, 0) is 18.9 Å². The molecule has 0 spiro atoms. The first kappa shape index (κ1) is 7.44. The van der Waals surface area contributed by atoms with Gasteiger partial charge in [0.15, 0.2) is 0 Å². The lowest BCUT2D eigenvalue weighted by molar-refractivity contribution is 0.582. The minimum atomic E-state index is 0.680. The van der Waals surface area contributed by atoms with Gasteiger partial charge in [-0.15, -0.1) is 0 Å². The van der Waals surface area contributed by atoms with E-state index in [2.05, 4.69) is 22.9 Å². The van der Waals surface area contributed by atoms with Crippen molar-refractivity contribution in [3.63, 3.8) is 0 Å². The summed E-state index contributed by atoms with van der Waals surface area (Å²) in [6, 6.07) is 0. The molecule has 0 saturated carbocycles. The second-order valence-electron chi connectivity index (χ2n) is 1.82. The molecule has 2 heteroatoms. The van der Waals surface area contributed by atoms with Crippen molar-refractivity contribution in [3.05, 3.63) is 0 Å². The normalized spacial score (nSPS) is 14.1. The highest BCUT2D eigenvalue weighted by Crippen LogP contribution is 2.00. The summed E-state index contributed by atoms with van der Waals surface area (Å²) in [4.78, 5) is 0. The lowest BCUT2D eigenvalue weighted by Gasteiger charge is -2.01. The van der Waals surface area contributed by atoms with Crippen LogP contribution in [0.2, 0.25) is 0 Å². The summed E-state index contributed by atoms with van der Waals surface area (Å²) in [5, 5.41) is 1.07. The minimum absolute atomic E-state index is 0.680. The molecule has 0 aliphatic heterocycles. The van der Waals surface area contributed by atoms with E-state index in [4.69, 9.17) is 5.73 Å². The van der Waals surface area contributed by atoms with E-state index >= 15 is 0 Å². The highest BCUT2D eigenvalue weighted by atomic mass is 79.9. The quantitative estimate of drug-likeness (QED) is 0.629. The first-order chi connectivity index (χ1) is 3.31. The third kappa shape index (κ3) is 4.29. The second-order valence-corrected chi connectivity index (χ2v) is 2.61. The second kappa shape index (κ2) is 4.60. The molecule has 2 N–H and O–H groups in total. The third-order valence-corrected chi connectivity index (χ3v) is 1.46. The zero-order valence-electron chi connectivity index (χ0n) is 4.65. The Morgan fingerprint density at radius 1 is 1.71 bits per heavy atom. The van der Waals surface area contributed by atoms with E-state index in [1.54, 1.807) is 0 Å². The van der Waals surface area contributed by atoms with Gasteiger partial charge >= 0.3 is 0 Å². The maximum absolute atomic E-state index is 5.34. The molecular weight excluding hydrogens is 154 g/mol. The Bertz CT molecular complexity index is 39.1. The van der Waals surface area contributed by atoms with Gasteiger partial charge in [0.05, 0.1) is 0 Å². The molecule has 0 aromatic carbocycles. The highest BCUT2D eigenvalue weighted by molar-refractivity contribution is 9.09. The van der Waals surface area contributed by atoms with Crippen molar-refractivity contribution in [2.45, 2.75) is 13.3 Å². The molecule has 0 rings (SSSR count). The molecule has 1 nitrogen and oxygen atoms in total.